The molecule has 0 saturated carbocycles. The largest absolute Gasteiger partial charge is 0.494 e. The van der Waals surface area contributed by atoms with Crippen molar-refractivity contribution in [1.82, 2.24) is 29.5 Å². The van der Waals surface area contributed by atoms with Gasteiger partial charge in [-0.3, -0.25) is 9.69 Å². The number of carbonyl (C=O) groups excluding carboxylic acids is 1. The summed E-state index contributed by atoms with van der Waals surface area (Å²) >= 11 is 3.58. The molecule has 14 heteroatoms. The SMILES string of the molecule is COc1cc2ncnc(Nc3cc(Br)c(Oc4ccn5ncnc5c4)cc3OC)c2cc1NC(=O)/C(F)=C\[C@H]1CCCN1C. The molecular formula is C30H28BrFN8O4. The van der Waals surface area contributed by atoms with Crippen molar-refractivity contribution in [2.75, 3.05) is 38.4 Å². The third-order valence-electron chi connectivity index (χ3n) is 7.32. The van der Waals surface area contributed by atoms with Crippen molar-refractivity contribution in [3.8, 4) is 23.0 Å². The monoisotopic (exact) mass is 662 g/mol. The van der Waals surface area contributed by atoms with E-state index in [1.54, 1.807) is 54.2 Å². The van der Waals surface area contributed by atoms with Gasteiger partial charge >= 0.3 is 0 Å². The van der Waals surface area contributed by atoms with Crippen LogP contribution in [0.25, 0.3) is 16.6 Å². The highest BCUT2D eigenvalue weighted by Gasteiger charge is 2.22. The number of methoxy groups -OCH3 is 2. The molecule has 2 N–H and O–H groups in total. The minimum atomic E-state index is -0.862. The van der Waals surface area contributed by atoms with Gasteiger partial charge in [-0.05, 0) is 66.6 Å². The number of rotatable bonds is 9. The highest BCUT2D eigenvalue weighted by Crippen LogP contribution is 2.41. The maximum atomic E-state index is 14.9. The predicted molar refractivity (Wildman–Crippen MR) is 167 cm³/mol. The lowest BCUT2D eigenvalue weighted by Crippen LogP contribution is -2.24. The Balaban J connectivity index is 1.28. The number of anilines is 3. The molecule has 12 nitrogen and oxygen atoms in total. The molecule has 5 aromatic rings. The van der Waals surface area contributed by atoms with Crippen LogP contribution in [-0.2, 0) is 4.79 Å². The lowest BCUT2D eigenvalue weighted by Gasteiger charge is -2.17. The van der Waals surface area contributed by atoms with Crippen molar-refractivity contribution >= 4 is 55.6 Å². The number of likely N-dealkylation sites (tertiary alicyclic amines) is 1. The van der Waals surface area contributed by atoms with E-state index in [9.17, 15) is 9.18 Å². The van der Waals surface area contributed by atoms with Crippen molar-refractivity contribution in [2.45, 2.75) is 18.9 Å². The minimum Gasteiger partial charge on any atom is -0.494 e. The summed E-state index contributed by atoms with van der Waals surface area (Å²) < 4.78 is 34.4. The van der Waals surface area contributed by atoms with E-state index in [0.717, 1.165) is 19.4 Å². The first-order chi connectivity index (χ1) is 21.3. The van der Waals surface area contributed by atoms with Gasteiger partial charge < -0.3 is 24.8 Å². The van der Waals surface area contributed by atoms with Gasteiger partial charge in [0.2, 0.25) is 0 Å². The van der Waals surface area contributed by atoms with Crippen molar-refractivity contribution in [2.24, 2.45) is 0 Å². The molecule has 1 aliphatic rings. The third-order valence-corrected chi connectivity index (χ3v) is 7.94. The molecule has 0 bridgehead atoms. The number of nitrogens with zero attached hydrogens (tertiary/aromatic N) is 6. The number of ether oxygens (including phenoxy) is 3. The van der Waals surface area contributed by atoms with Crippen LogP contribution in [0.2, 0.25) is 0 Å². The Hall–Kier alpha value is -4.82. The number of halogens is 2. The zero-order chi connectivity index (χ0) is 30.8. The minimum absolute atomic E-state index is 0.118. The smallest absolute Gasteiger partial charge is 0.284 e. The van der Waals surface area contributed by atoms with Crippen molar-refractivity contribution in [3.05, 3.63) is 71.6 Å². The molecule has 226 valence electrons. The van der Waals surface area contributed by atoms with Gasteiger partial charge in [0.15, 0.2) is 11.5 Å². The first kappa shape index (κ1) is 29.3. The van der Waals surface area contributed by atoms with Crippen molar-refractivity contribution in [3.63, 3.8) is 0 Å². The number of benzene rings is 2. The van der Waals surface area contributed by atoms with E-state index in [2.05, 4.69) is 46.6 Å². The van der Waals surface area contributed by atoms with E-state index in [1.165, 1.54) is 25.8 Å². The molecule has 1 aliphatic heterocycles. The van der Waals surface area contributed by atoms with Gasteiger partial charge in [0.25, 0.3) is 5.91 Å². The first-order valence-electron chi connectivity index (χ1n) is 13.7. The Kier molecular flexibility index (Phi) is 8.26. The summed E-state index contributed by atoms with van der Waals surface area (Å²) in [6, 6.07) is 10.2. The number of hydrogen-bond acceptors (Lipinski definition) is 10. The van der Waals surface area contributed by atoms with E-state index >= 15 is 0 Å². The molecule has 6 rings (SSSR count). The maximum absolute atomic E-state index is 14.9. The summed E-state index contributed by atoms with van der Waals surface area (Å²) in [6.07, 6.45) is 7.74. The number of fused-ring (bicyclic) bond motifs is 2. The fourth-order valence-corrected chi connectivity index (χ4v) is 5.44. The van der Waals surface area contributed by atoms with Gasteiger partial charge in [-0.25, -0.2) is 23.9 Å². The number of aromatic nitrogens is 5. The van der Waals surface area contributed by atoms with E-state index in [0.29, 0.717) is 55.5 Å². The van der Waals surface area contributed by atoms with Crippen LogP contribution < -0.4 is 24.8 Å². The molecule has 0 radical (unpaired) electrons. The molecule has 44 heavy (non-hydrogen) atoms. The normalized spacial score (nSPS) is 15.5. The second-order valence-corrected chi connectivity index (χ2v) is 10.9. The van der Waals surface area contributed by atoms with Crippen LogP contribution in [0.1, 0.15) is 12.8 Å². The molecule has 1 fully saturated rings. The molecule has 1 amide bonds. The standard InChI is InChI=1S/C30H28BrFN8O4/c1-39-7-4-5-17(39)9-21(32)30(41)38-23-11-19-22(13-26(23)42-2)33-15-35-29(19)37-24-12-20(31)25(14-27(24)43-3)44-18-6-8-40-28(10-18)34-16-36-40/h6,8-17H,4-5,7H2,1-3H3,(H,38,41)(H,33,35,37)/b21-9+/t17-/m1/s1. The van der Waals surface area contributed by atoms with Gasteiger partial charge in [0.1, 0.15) is 41.5 Å². The summed E-state index contributed by atoms with van der Waals surface area (Å²) in [5, 5.41) is 10.6. The molecule has 0 unspecified atom stereocenters. The van der Waals surface area contributed by atoms with Gasteiger partial charge in [-0.15, -0.1) is 0 Å². The summed E-state index contributed by atoms with van der Waals surface area (Å²) in [7, 11) is 4.92. The summed E-state index contributed by atoms with van der Waals surface area (Å²) in [6.45, 7) is 0.863. The summed E-state index contributed by atoms with van der Waals surface area (Å²) in [4.78, 5) is 27.8. The Morgan fingerprint density at radius 2 is 1.86 bits per heavy atom. The van der Waals surface area contributed by atoms with Crippen LogP contribution in [0.3, 0.4) is 0 Å². The molecule has 2 aromatic carbocycles. The van der Waals surface area contributed by atoms with Gasteiger partial charge in [0.05, 0.1) is 35.6 Å². The molecule has 3 aromatic heterocycles. The highest BCUT2D eigenvalue weighted by molar-refractivity contribution is 9.10. The van der Waals surface area contributed by atoms with Gasteiger partial charge in [-0.1, -0.05) is 0 Å². The van der Waals surface area contributed by atoms with Crippen LogP contribution in [0.5, 0.6) is 23.0 Å². The molecule has 0 spiro atoms. The second kappa shape index (κ2) is 12.4. The maximum Gasteiger partial charge on any atom is 0.284 e. The summed E-state index contributed by atoms with van der Waals surface area (Å²) in [5.74, 6) is 0.591. The molecule has 0 aliphatic carbocycles. The number of carbonyl (C=O) groups is 1. The van der Waals surface area contributed by atoms with E-state index in [1.807, 2.05) is 11.9 Å². The quantitative estimate of drug-likeness (QED) is 0.185. The topological polar surface area (TPSA) is 128 Å². The number of amides is 1. The molecule has 1 atom stereocenters. The van der Waals surface area contributed by atoms with E-state index in [4.69, 9.17) is 14.2 Å². The number of nitrogens with one attached hydrogen (secondary N) is 2. The fraction of sp³-hybridized carbons (Fsp3) is 0.233. The van der Waals surface area contributed by atoms with Crippen LogP contribution in [-0.4, -0.2) is 69.2 Å². The lowest BCUT2D eigenvalue weighted by atomic mass is 10.1. The zero-order valence-electron chi connectivity index (χ0n) is 24.0. The van der Waals surface area contributed by atoms with Crippen LogP contribution in [0, 0.1) is 0 Å². The van der Waals surface area contributed by atoms with E-state index in [-0.39, 0.29) is 11.7 Å². The average molecular weight is 664 g/mol. The van der Waals surface area contributed by atoms with Crippen molar-refractivity contribution < 1.29 is 23.4 Å². The zero-order valence-corrected chi connectivity index (χ0v) is 25.6. The van der Waals surface area contributed by atoms with E-state index < -0.39 is 11.7 Å². The Morgan fingerprint density at radius 3 is 2.64 bits per heavy atom. The molecular weight excluding hydrogens is 635 g/mol. The second-order valence-electron chi connectivity index (χ2n) is 10.1. The first-order valence-corrected chi connectivity index (χ1v) is 14.5. The third kappa shape index (κ3) is 5.98. The van der Waals surface area contributed by atoms with Crippen LogP contribution >= 0.6 is 15.9 Å². The summed E-state index contributed by atoms with van der Waals surface area (Å²) in [5.41, 5.74) is 2.04. The predicted octanol–water partition coefficient (Wildman–Crippen LogP) is 5.87. The Morgan fingerprint density at radius 1 is 1.05 bits per heavy atom. The highest BCUT2D eigenvalue weighted by atomic mass is 79.9. The number of hydrogen-bond donors (Lipinski definition) is 2. The number of pyridine rings is 1. The Bertz CT molecular complexity index is 1900. The van der Waals surface area contributed by atoms with Gasteiger partial charge in [0, 0.05) is 35.8 Å². The lowest BCUT2D eigenvalue weighted by molar-refractivity contribution is -0.114. The van der Waals surface area contributed by atoms with Crippen LogP contribution in [0.15, 0.2) is 71.6 Å². The molecule has 1 saturated heterocycles. The fourth-order valence-electron chi connectivity index (χ4n) is 5.02. The van der Waals surface area contributed by atoms with Gasteiger partial charge in [-0.2, -0.15) is 5.10 Å². The Labute approximate surface area is 260 Å². The average Bonchev–Trinajstić information content (AvgIpc) is 3.66. The van der Waals surface area contributed by atoms with Crippen LogP contribution in [0.4, 0.5) is 21.6 Å². The number of likely N-dealkylation sites (N-methyl/N-ethyl adjacent to an activating group) is 1. The molecule has 4 heterocycles. The van der Waals surface area contributed by atoms with Crippen molar-refractivity contribution in [1.29, 1.82) is 0 Å².